The molecule has 1 saturated carbocycles. The molecule has 0 aromatic heterocycles. The Kier molecular flexibility index (Phi) is 4.89. The summed E-state index contributed by atoms with van der Waals surface area (Å²) in [7, 11) is 0. The summed E-state index contributed by atoms with van der Waals surface area (Å²) in [6.07, 6.45) is 4.30. The monoisotopic (exact) mass is 170 g/mol. The van der Waals surface area contributed by atoms with Crippen LogP contribution >= 0.6 is 0 Å². The average Bonchev–Trinajstić information content (AvgIpc) is 1.85. The van der Waals surface area contributed by atoms with Crippen LogP contribution in [0.1, 0.15) is 60.8 Å². The minimum Gasteiger partial charge on any atom is -0.0683 e. The van der Waals surface area contributed by atoms with Crippen molar-refractivity contribution in [2.45, 2.75) is 60.8 Å². The minimum atomic E-state index is 0.622. The lowest BCUT2D eigenvalue weighted by Crippen LogP contribution is -2.25. The summed E-state index contributed by atoms with van der Waals surface area (Å²) in [5, 5.41) is 0. The second-order valence-electron chi connectivity index (χ2n) is 5.02. The smallest absolute Gasteiger partial charge is 0.0349 e. The summed E-state index contributed by atoms with van der Waals surface area (Å²) in [5.41, 5.74) is 0.622. The van der Waals surface area contributed by atoms with Crippen molar-refractivity contribution in [3.8, 4) is 0 Å². The van der Waals surface area contributed by atoms with Crippen LogP contribution in [0.5, 0.6) is 0 Å². The molecule has 0 amide bonds. The van der Waals surface area contributed by atoms with E-state index in [1.807, 2.05) is 13.8 Å². The van der Waals surface area contributed by atoms with E-state index in [9.17, 15) is 0 Å². The number of rotatable bonds is 0. The van der Waals surface area contributed by atoms with E-state index < -0.39 is 0 Å². The molecule has 74 valence electrons. The lowest BCUT2D eigenvalue weighted by molar-refractivity contribution is 0.143. The van der Waals surface area contributed by atoms with E-state index in [0.717, 1.165) is 11.8 Å². The lowest BCUT2D eigenvalue weighted by atomic mass is 9.69. The van der Waals surface area contributed by atoms with Gasteiger partial charge in [0.2, 0.25) is 0 Å². The molecule has 0 aromatic carbocycles. The van der Waals surface area contributed by atoms with E-state index >= 15 is 0 Å². The Morgan fingerprint density at radius 2 is 1.25 bits per heavy atom. The van der Waals surface area contributed by atoms with Crippen molar-refractivity contribution in [1.82, 2.24) is 0 Å². The third kappa shape index (κ3) is 4.13. The van der Waals surface area contributed by atoms with Gasteiger partial charge in [-0.3, -0.25) is 0 Å². The van der Waals surface area contributed by atoms with E-state index in [1.54, 1.807) is 0 Å². The van der Waals surface area contributed by atoms with Crippen LogP contribution in [0.2, 0.25) is 0 Å². The van der Waals surface area contributed by atoms with Gasteiger partial charge >= 0.3 is 0 Å². The molecule has 0 heterocycles. The zero-order valence-corrected chi connectivity index (χ0v) is 9.78. The normalized spacial score (nSPS) is 33.5. The van der Waals surface area contributed by atoms with Gasteiger partial charge in [0.1, 0.15) is 0 Å². The van der Waals surface area contributed by atoms with E-state index in [2.05, 4.69) is 27.7 Å². The summed E-state index contributed by atoms with van der Waals surface area (Å²) in [6, 6.07) is 0. The molecular weight excluding hydrogens is 144 g/mol. The lowest BCUT2D eigenvalue weighted by Gasteiger charge is -2.37. The van der Waals surface area contributed by atoms with E-state index in [1.165, 1.54) is 19.3 Å². The van der Waals surface area contributed by atoms with Gasteiger partial charge in [0.15, 0.2) is 0 Å². The molecule has 0 radical (unpaired) electrons. The number of hydrogen-bond donors (Lipinski definition) is 0. The van der Waals surface area contributed by atoms with Gasteiger partial charge in [0, 0.05) is 0 Å². The maximum absolute atomic E-state index is 2.40. The summed E-state index contributed by atoms with van der Waals surface area (Å²) < 4.78 is 0. The average molecular weight is 170 g/mol. The Hall–Kier alpha value is 0. The molecule has 2 atom stereocenters. The highest BCUT2D eigenvalue weighted by Crippen LogP contribution is 2.41. The first-order valence-electron chi connectivity index (χ1n) is 5.49. The highest BCUT2D eigenvalue weighted by Gasteiger charge is 2.29. The summed E-state index contributed by atoms with van der Waals surface area (Å²) >= 11 is 0. The van der Waals surface area contributed by atoms with E-state index in [-0.39, 0.29) is 0 Å². The van der Waals surface area contributed by atoms with Gasteiger partial charge in [-0.05, 0) is 36.5 Å². The zero-order valence-electron chi connectivity index (χ0n) is 9.78. The van der Waals surface area contributed by atoms with Crippen LogP contribution in [-0.2, 0) is 0 Å². The molecular formula is C12H26. The Labute approximate surface area is 78.8 Å². The molecule has 0 heteroatoms. The van der Waals surface area contributed by atoms with E-state index in [4.69, 9.17) is 0 Å². The molecule has 0 N–H and O–H groups in total. The fraction of sp³-hybridized carbons (Fsp3) is 1.00. The predicted octanol–water partition coefficient (Wildman–Crippen LogP) is 4.49. The largest absolute Gasteiger partial charge is 0.0683 e. The first-order valence-corrected chi connectivity index (χ1v) is 5.49. The first-order chi connectivity index (χ1) is 5.49. The molecule has 0 spiro atoms. The van der Waals surface area contributed by atoms with Crippen molar-refractivity contribution in [1.29, 1.82) is 0 Å². The highest BCUT2D eigenvalue weighted by atomic mass is 14.3. The summed E-state index contributed by atoms with van der Waals surface area (Å²) in [5.74, 6) is 1.91. The van der Waals surface area contributed by atoms with Gasteiger partial charge in [-0.2, -0.15) is 0 Å². The van der Waals surface area contributed by atoms with Crippen LogP contribution in [0.4, 0.5) is 0 Å². The van der Waals surface area contributed by atoms with Gasteiger partial charge in [-0.1, -0.05) is 41.5 Å². The van der Waals surface area contributed by atoms with Crippen LogP contribution in [0.3, 0.4) is 0 Å². The zero-order chi connectivity index (χ0) is 9.78. The summed E-state index contributed by atoms with van der Waals surface area (Å²) in [4.78, 5) is 0. The maximum Gasteiger partial charge on any atom is -0.0349 e. The Morgan fingerprint density at radius 1 is 0.917 bits per heavy atom. The minimum absolute atomic E-state index is 0.622. The molecule has 0 bridgehead atoms. The van der Waals surface area contributed by atoms with Crippen molar-refractivity contribution in [2.75, 3.05) is 0 Å². The van der Waals surface area contributed by atoms with Gasteiger partial charge in [-0.25, -0.2) is 0 Å². The third-order valence-corrected chi connectivity index (χ3v) is 2.61. The Bertz CT molecular complexity index is 101. The van der Waals surface area contributed by atoms with Crippen LogP contribution in [-0.4, -0.2) is 0 Å². The molecule has 1 aliphatic carbocycles. The van der Waals surface area contributed by atoms with Crippen molar-refractivity contribution < 1.29 is 0 Å². The molecule has 0 aliphatic heterocycles. The van der Waals surface area contributed by atoms with Crippen LogP contribution in [0.25, 0.3) is 0 Å². The van der Waals surface area contributed by atoms with Crippen LogP contribution in [0, 0.1) is 17.3 Å². The third-order valence-electron chi connectivity index (χ3n) is 2.61. The van der Waals surface area contributed by atoms with Crippen LogP contribution in [0.15, 0.2) is 0 Å². The fourth-order valence-electron chi connectivity index (χ4n) is 2.82. The standard InChI is InChI=1S/C10H20.C2H6/c1-8-5-9(2)7-10(3,4)6-8;1-2/h8-9H,5-7H2,1-4H3;1-2H3. The second kappa shape index (κ2) is 4.89. The highest BCUT2D eigenvalue weighted by molar-refractivity contribution is 4.80. The van der Waals surface area contributed by atoms with Gasteiger partial charge < -0.3 is 0 Å². The van der Waals surface area contributed by atoms with Crippen molar-refractivity contribution in [2.24, 2.45) is 17.3 Å². The second-order valence-corrected chi connectivity index (χ2v) is 5.02. The molecule has 0 aromatic rings. The van der Waals surface area contributed by atoms with Crippen LogP contribution < -0.4 is 0 Å². The predicted molar refractivity (Wildman–Crippen MR) is 57.3 cm³/mol. The molecule has 0 saturated heterocycles. The van der Waals surface area contributed by atoms with Crippen molar-refractivity contribution in [3.05, 3.63) is 0 Å². The Morgan fingerprint density at radius 3 is 1.50 bits per heavy atom. The molecule has 0 nitrogen and oxygen atoms in total. The van der Waals surface area contributed by atoms with Crippen molar-refractivity contribution >= 4 is 0 Å². The molecule has 1 aliphatic rings. The van der Waals surface area contributed by atoms with Gasteiger partial charge in [0.05, 0.1) is 0 Å². The first kappa shape index (κ1) is 12.0. The van der Waals surface area contributed by atoms with Crippen molar-refractivity contribution in [3.63, 3.8) is 0 Å². The van der Waals surface area contributed by atoms with E-state index in [0.29, 0.717) is 5.41 Å². The fourth-order valence-corrected chi connectivity index (χ4v) is 2.82. The molecule has 2 unspecified atom stereocenters. The molecule has 12 heavy (non-hydrogen) atoms. The molecule has 1 rings (SSSR count). The van der Waals surface area contributed by atoms with Gasteiger partial charge in [0.25, 0.3) is 0 Å². The Balaban J connectivity index is 0.000000561. The quantitative estimate of drug-likeness (QED) is 0.502. The topological polar surface area (TPSA) is 0 Å². The number of hydrogen-bond acceptors (Lipinski definition) is 0. The molecule has 1 fully saturated rings. The van der Waals surface area contributed by atoms with Gasteiger partial charge in [-0.15, -0.1) is 0 Å². The summed E-state index contributed by atoms with van der Waals surface area (Å²) in [6.45, 7) is 13.6. The SMILES string of the molecule is CC.CC1CC(C)CC(C)(C)C1. The maximum atomic E-state index is 2.40.